The largest absolute Gasteiger partial charge is 0.374 e. The molecule has 1 aliphatic heterocycles. The van der Waals surface area contributed by atoms with Gasteiger partial charge in [-0.25, -0.2) is 0 Å². The molecule has 4 nitrogen and oxygen atoms in total. The van der Waals surface area contributed by atoms with E-state index in [2.05, 4.69) is 67.3 Å². The van der Waals surface area contributed by atoms with Gasteiger partial charge in [0.1, 0.15) is 0 Å². The predicted molar refractivity (Wildman–Crippen MR) is 178 cm³/mol. The van der Waals surface area contributed by atoms with Gasteiger partial charge in [0.2, 0.25) is 0 Å². The maximum atomic E-state index is 9.74. The van der Waals surface area contributed by atoms with E-state index in [1.54, 1.807) is 5.57 Å². The van der Waals surface area contributed by atoms with Crippen molar-refractivity contribution in [3.8, 4) is 12.1 Å². The topological polar surface area (TPSA) is 60.0 Å². The normalized spacial score (nSPS) is 45.2. The summed E-state index contributed by atoms with van der Waals surface area (Å²) < 4.78 is 6.88. The van der Waals surface area contributed by atoms with E-state index in [1.807, 2.05) is 0 Å². The van der Waals surface area contributed by atoms with Gasteiger partial charge in [0, 0.05) is 23.7 Å². The average Bonchev–Trinajstić information content (AvgIpc) is 3.56. The number of hydrogen-bond donors (Lipinski definition) is 0. The molecule has 1 heterocycles. The highest BCUT2D eigenvalue weighted by atomic mass is 16.5. The zero-order valence-electron chi connectivity index (χ0n) is 27.8. The van der Waals surface area contributed by atoms with Crippen LogP contribution in [0, 0.1) is 81.3 Å². The molecule has 0 aromatic heterocycles. The standard InChI is InChI=1S/C41H55N3O/c1-41(2)37-20-26(24-42)8-16-33(37)34-18-14-31(22-38(34)41)44(30-12-10-29(11-13-30)28-6-4-3-5-7-28)32-15-19-36-35-17-9-27(25-43)21-39(35)45-40(36)23-32/h8,10,14,16,18,22,26-28,30,32-40H,3-7,9,11-13,15,17,19-21,23H2,1-2H3. The molecule has 0 radical (unpaired) electrons. The van der Waals surface area contributed by atoms with Crippen molar-refractivity contribution in [1.82, 2.24) is 4.90 Å². The van der Waals surface area contributed by atoms with Crippen LogP contribution in [-0.4, -0.2) is 29.2 Å². The Kier molecular flexibility index (Phi) is 8.05. The monoisotopic (exact) mass is 605 g/mol. The number of nitriles is 2. The number of fused-ring (bicyclic) bond motifs is 6. The lowest BCUT2D eigenvalue weighted by Crippen LogP contribution is -2.48. The third-order valence-corrected chi connectivity index (χ3v) is 14.6. The van der Waals surface area contributed by atoms with Crippen LogP contribution in [0.4, 0.5) is 0 Å². The lowest BCUT2D eigenvalue weighted by Gasteiger charge is -2.47. The Hall–Kier alpha value is -2.30. The van der Waals surface area contributed by atoms with E-state index in [-0.39, 0.29) is 17.3 Å². The van der Waals surface area contributed by atoms with Crippen LogP contribution < -0.4 is 0 Å². The molecular weight excluding hydrogens is 550 g/mol. The van der Waals surface area contributed by atoms with Gasteiger partial charge in [0.15, 0.2) is 0 Å². The molecule has 5 fully saturated rings. The molecule has 0 aromatic rings. The summed E-state index contributed by atoms with van der Waals surface area (Å²) in [5, 5.41) is 19.4. The molecule has 8 aliphatic rings. The van der Waals surface area contributed by atoms with Gasteiger partial charge in [-0.15, -0.1) is 0 Å². The van der Waals surface area contributed by atoms with Crippen LogP contribution in [0.5, 0.6) is 0 Å². The van der Waals surface area contributed by atoms with E-state index >= 15 is 0 Å². The molecule has 0 spiro atoms. The summed E-state index contributed by atoms with van der Waals surface area (Å²) in [7, 11) is 0. The van der Waals surface area contributed by atoms with Gasteiger partial charge >= 0.3 is 0 Å². The third kappa shape index (κ3) is 5.27. The minimum absolute atomic E-state index is 0.0655. The Morgan fingerprint density at radius 3 is 2.36 bits per heavy atom. The van der Waals surface area contributed by atoms with E-state index in [1.165, 1.54) is 76.3 Å². The lowest BCUT2D eigenvalue weighted by atomic mass is 9.68. The molecule has 1 saturated heterocycles. The molecule has 0 bridgehead atoms. The van der Waals surface area contributed by atoms with Crippen molar-refractivity contribution in [3.05, 3.63) is 47.7 Å². The second-order valence-electron chi connectivity index (χ2n) is 17.0. The molecule has 0 aromatic carbocycles. The average molecular weight is 606 g/mol. The molecule has 12 unspecified atom stereocenters. The fourth-order valence-electron chi connectivity index (χ4n) is 12.2. The van der Waals surface area contributed by atoms with Gasteiger partial charge in [-0.05, 0) is 130 Å². The summed E-state index contributed by atoms with van der Waals surface area (Å²) in [5.74, 6) is 4.63. The Balaban J connectivity index is 1.07. The zero-order valence-corrected chi connectivity index (χ0v) is 27.8. The molecule has 12 atom stereocenters. The SMILES string of the molecule is CC1(C)C2C=C(N(C3CC=C(C4CCCCC4)CC3)C3CCC4C(C3)OC3CC(C#N)CCC34)C=CC2C2C=CC(C#N)CC21. The summed E-state index contributed by atoms with van der Waals surface area (Å²) in [6, 6.07) is 6.20. The highest BCUT2D eigenvalue weighted by molar-refractivity contribution is 5.34. The molecule has 4 saturated carbocycles. The van der Waals surface area contributed by atoms with Crippen LogP contribution in [0.15, 0.2) is 47.7 Å². The van der Waals surface area contributed by atoms with Crippen molar-refractivity contribution in [2.45, 2.75) is 134 Å². The maximum absolute atomic E-state index is 9.74. The van der Waals surface area contributed by atoms with Crippen molar-refractivity contribution in [1.29, 1.82) is 10.5 Å². The van der Waals surface area contributed by atoms with Crippen LogP contribution >= 0.6 is 0 Å². The van der Waals surface area contributed by atoms with Gasteiger partial charge in [-0.2, -0.15) is 10.5 Å². The first kappa shape index (κ1) is 30.1. The summed E-state index contributed by atoms with van der Waals surface area (Å²) >= 11 is 0. The Bertz CT molecular complexity index is 1330. The number of ether oxygens (including phenoxy) is 1. The van der Waals surface area contributed by atoms with Gasteiger partial charge < -0.3 is 9.64 Å². The first-order valence-corrected chi connectivity index (χ1v) is 18.9. The van der Waals surface area contributed by atoms with E-state index < -0.39 is 0 Å². The summed E-state index contributed by atoms with van der Waals surface area (Å²) in [6.45, 7) is 4.99. The van der Waals surface area contributed by atoms with Crippen molar-refractivity contribution in [2.24, 2.45) is 58.7 Å². The smallest absolute Gasteiger partial charge is 0.0697 e. The molecule has 0 amide bonds. The maximum Gasteiger partial charge on any atom is 0.0697 e. The molecule has 4 heteroatoms. The van der Waals surface area contributed by atoms with Gasteiger partial charge in [0.25, 0.3) is 0 Å². The molecule has 240 valence electrons. The quantitative estimate of drug-likeness (QED) is 0.300. The molecule has 8 rings (SSSR count). The lowest BCUT2D eigenvalue weighted by molar-refractivity contribution is -0.0186. The fourth-order valence-corrected chi connectivity index (χ4v) is 12.2. The van der Waals surface area contributed by atoms with Crippen LogP contribution in [-0.2, 0) is 4.74 Å². The van der Waals surface area contributed by atoms with Gasteiger partial charge in [0.05, 0.1) is 30.3 Å². The minimum Gasteiger partial charge on any atom is -0.374 e. The van der Waals surface area contributed by atoms with Crippen LogP contribution in [0.3, 0.4) is 0 Å². The molecule has 0 N–H and O–H groups in total. The van der Waals surface area contributed by atoms with E-state index in [0.717, 1.165) is 31.6 Å². The highest BCUT2D eigenvalue weighted by Crippen LogP contribution is 2.61. The first-order chi connectivity index (χ1) is 21.9. The third-order valence-electron chi connectivity index (χ3n) is 14.6. The van der Waals surface area contributed by atoms with Crippen molar-refractivity contribution in [3.63, 3.8) is 0 Å². The van der Waals surface area contributed by atoms with Gasteiger partial charge in [-0.3, -0.25) is 0 Å². The Morgan fingerprint density at radius 1 is 0.800 bits per heavy atom. The van der Waals surface area contributed by atoms with E-state index in [4.69, 9.17) is 4.74 Å². The van der Waals surface area contributed by atoms with Crippen molar-refractivity contribution < 1.29 is 4.74 Å². The summed E-state index contributed by atoms with van der Waals surface area (Å²) in [6.07, 6.45) is 34.5. The minimum atomic E-state index is 0.0655. The van der Waals surface area contributed by atoms with Crippen molar-refractivity contribution in [2.75, 3.05) is 0 Å². The Labute approximate surface area is 272 Å². The fraction of sp³-hybridized carbons (Fsp3) is 0.756. The molecule has 45 heavy (non-hydrogen) atoms. The summed E-state index contributed by atoms with van der Waals surface area (Å²) in [4.78, 5) is 2.92. The first-order valence-electron chi connectivity index (χ1n) is 18.9. The second-order valence-corrected chi connectivity index (χ2v) is 17.0. The zero-order chi connectivity index (χ0) is 30.7. The van der Waals surface area contributed by atoms with E-state index in [0.29, 0.717) is 59.8 Å². The number of allylic oxidation sites excluding steroid dienone is 6. The number of rotatable bonds is 4. The molecular formula is C41H55N3O. The number of nitrogens with zero attached hydrogens (tertiary/aromatic N) is 3. The van der Waals surface area contributed by atoms with Crippen LogP contribution in [0.1, 0.15) is 110 Å². The Morgan fingerprint density at radius 2 is 1.60 bits per heavy atom. The van der Waals surface area contributed by atoms with E-state index in [9.17, 15) is 10.5 Å². The molecule has 7 aliphatic carbocycles. The summed E-state index contributed by atoms with van der Waals surface area (Å²) in [5.41, 5.74) is 3.43. The van der Waals surface area contributed by atoms with Crippen molar-refractivity contribution >= 4 is 0 Å². The van der Waals surface area contributed by atoms with Crippen LogP contribution in [0.2, 0.25) is 0 Å². The second kappa shape index (κ2) is 12.1. The van der Waals surface area contributed by atoms with Crippen LogP contribution in [0.25, 0.3) is 0 Å². The highest BCUT2D eigenvalue weighted by Gasteiger charge is 2.55. The number of hydrogen-bond acceptors (Lipinski definition) is 4. The predicted octanol–water partition coefficient (Wildman–Crippen LogP) is 9.28. The van der Waals surface area contributed by atoms with Gasteiger partial charge in [-0.1, -0.05) is 69.1 Å².